The van der Waals surface area contributed by atoms with Crippen LogP contribution in [0.5, 0.6) is 0 Å². The zero-order valence-corrected chi connectivity index (χ0v) is 15.5. The summed E-state index contributed by atoms with van der Waals surface area (Å²) in [6, 6.07) is 7.81. The van der Waals surface area contributed by atoms with Gasteiger partial charge in [0.2, 0.25) is 5.91 Å². The molecule has 1 saturated heterocycles. The number of carbonyl (C=O) groups is 1. The number of hydrogen-bond acceptors (Lipinski definition) is 4. The molecule has 0 saturated carbocycles. The highest BCUT2D eigenvalue weighted by Crippen LogP contribution is 2.30. The van der Waals surface area contributed by atoms with E-state index < -0.39 is 5.41 Å². The molecule has 1 amide bonds. The Labute approximate surface area is 149 Å². The average Bonchev–Trinajstić information content (AvgIpc) is 2.57. The zero-order chi connectivity index (χ0) is 17.6. The first-order chi connectivity index (χ1) is 11.5. The molecule has 2 N–H and O–H groups in total. The number of benzene rings is 1. The van der Waals surface area contributed by atoms with E-state index in [2.05, 4.69) is 15.5 Å². The Bertz CT molecular complexity index is 539. The highest BCUT2D eigenvalue weighted by Gasteiger charge is 2.39. The van der Waals surface area contributed by atoms with E-state index in [9.17, 15) is 4.79 Å². The molecular formula is C18H28ClN3O2. The van der Waals surface area contributed by atoms with Crippen molar-refractivity contribution in [1.29, 1.82) is 0 Å². The molecule has 0 aliphatic carbocycles. The Hall–Kier alpha value is -1.14. The van der Waals surface area contributed by atoms with Crippen molar-refractivity contribution in [2.45, 2.75) is 18.9 Å². The number of ether oxygens (including phenoxy) is 1. The van der Waals surface area contributed by atoms with Crippen molar-refractivity contribution in [2.75, 3.05) is 47.4 Å². The van der Waals surface area contributed by atoms with Gasteiger partial charge in [0.15, 0.2) is 0 Å². The standard InChI is InChI=1S/C18H28ClN3O2/c1-22(2)16(14-6-4-5-7-15(14)19)12-21-17(23)18(13-24-3)8-10-20-11-9-18/h4-7,16,20H,8-13H2,1-3H3,(H,21,23). The van der Waals surface area contributed by atoms with E-state index in [0.29, 0.717) is 13.2 Å². The van der Waals surface area contributed by atoms with Gasteiger partial charge in [-0.2, -0.15) is 0 Å². The Morgan fingerprint density at radius 1 is 1.38 bits per heavy atom. The molecule has 5 nitrogen and oxygen atoms in total. The van der Waals surface area contributed by atoms with Crippen molar-refractivity contribution in [2.24, 2.45) is 5.41 Å². The largest absolute Gasteiger partial charge is 0.384 e. The highest BCUT2D eigenvalue weighted by molar-refractivity contribution is 6.31. The molecule has 1 unspecified atom stereocenters. The van der Waals surface area contributed by atoms with Gasteiger partial charge in [-0.1, -0.05) is 29.8 Å². The second kappa shape index (κ2) is 8.81. The molecule has 1 aromatic rings. The zero-order valence-electron chi connectivity index (χ0n) is 14.8. The van der Waals surface area contributed by atoms with Crippen molar-refractivity contribution in [3.05, 3.63) is 34.9 Å². The fraction of sp³-hybridized carbons (Fsp3) is 0.611. The molecule has 1 aromatic carbocycles. The number of piperidine rings is 1. The van der Waals surface area contributed by atoms with Crippen molar-refractivity contribution in [3.8, 4) is 0 Å². The van der Waals surface area contributed by atoms with Gasteiger partial charge in [0.05, 0.1) is 18.1 Å². The highest BCUT2D eigenvalue weighted by atomic mass is 35.5. The molecule has 1 fully saturated rings. The van der Waals surface area contributed by atoms with Crippen LogP contribution in [0.2, 0.25) is 5.02 Å². The van der Waals surface area contributed by atoms with Crippen LogP contribution in [0, 0.1) is 5.41 Å². The molecule has 0 bridgehead atoms. The monoisotopic (exact) mass is 353 g/mol. The molecule has 6 heteroatoms. The third-order valence-electron chi connectivity index (χ3n) is 4.81. The summed E-state index contributed by atoms with van der Waals surface area (Å²) in [7, 11) is 5.65. The number of amides is 1. The summed E-state index contributed by atoms with van der Waals surface area (Å²) in [5.41, 5.74) is 0.590. The van der Waals surface area contributed by atoms with Crippen molar-refractivity contribution in [3.63, 3.8) is 0 Å². The van der Waals surface area contributed by atoms with Crippen LogP contribution >= 0.6 is 11.6 Å². The van der Waals surface area contributed by atoms with Crippen LogP contribution < -0.4 is 10.6 Å². The van der Waals surface area contributed by atoms with Crippen LogP contribution in [-0.4, -0.2) is 58.3 Å². The average molecular weight is 354 g/mol. The van der Waals surface area contributed by atoms with Gasteiger partial charge in [-0.25, -0.2) is 0 Å². The number of carbonyl (C=O) groups excluding carboxylic acids is 1. The van der Waals surface area contributed by atoms with Gasteiger partial charge in [-0.05, 0) is 51.7 Å². The summed E-state index contributed by atoms with van der Waals surface area (Å²) in [4.78, 5) is 15.0. The molecular weight excluding hydrogens is 326 g/mol. The second-order valence-corrected chi connectivity index (χ2v) is 7.08. The van der Waals surface area contributed by atoms with Crippen LogP contribution in [0.4, 0.5) is 0 Å². The first kappa shape index (κ1) is 19.2. The lowest BCUT2D eigenvalue weighted by atomic mass is 9.78. The predicted molar refractivity (Wildman–Crippen MR) is 97.3 cm³/mol. The number of nitrogens with zero attached hydrogens (tertiary/aromatic N) is 1. The number of methoxy groups -OCH3 is 1. The molecule has 2 rings (SSSR count). The Morgan fingerprint density at radius 2 is 2.04 bits per heavy atom. The summed E-state index contributed by atoms with van der Waals surface area (Å²) >= 11 is 6.34. The van der Waals surface area contributed by atoms with Gasteiger partial charge >= 0.3 is 0 Å². The van der Waals surface area contributed by atoms with E-state index in [1.807, 2.05) is 38.4 Å². The Kier molecular flexibility index (Phi) is 7.04. The number of nitrogens with one attached hydrogen (secondary N) is 2. The molecule has 24 heavy (non-hydrogen) atoms. The lowest BCUT2D eigenvalue weighted by molar-refractivity contribution is -0.136. The summed E-state index contributed by atoms with van der Waals surface area (Å²) < 4.78 is 5.34. The quantitative estimate of drug-likeness (QED) is 0.788. The fourth-order valence-corrected chi connectivity index (χ4v) is 3.57. The van der Waals surface area contributed by atoms with Crippen LogP contribution in [0.3, 0.4) is 0 Å². The molecule has 0 spiro atoms. The maximum Gasteiger partial charge on any atom is 0.228 e. The van der Waals surface area contributed by atoms with E-state index in [-0.39, 0.29) is 11.9 Å². The minimum atomic E-state index is -0.433. The minimum Gasteiger partial charge on any atom is -0.384 e. The number of rotatable bonds is 7. The molecule has 134 valence electrons. The summed E-state index contributed by atoms with van der Waals surface area (Å²) in [6.45, 7) is 2.67. The molecule has 1 aliphatic rings. The number of halogens is 1. The first-order valence-corrected chi connectivity index (χ1v) is 8.77. The van der Waals surface area contributed by atoms with Crippen LogP contribution in [0.15, 0.2) is 24.3 Å². The van der Waals surface area contributed by atoms with Gasteiger partial charge < -0.3 is 20.3 Å². The van der Waals surface area contributed by atoms with E-state index >= 15 is 0 Å². The molecule has 1 aliphatic heterocycles. The van der Waals surface area contributed by atoms with Crippen LogP contribution in [-0.2, 0) is 9.53 Å². The fourth-order valence-electron chi connectivity index (χ4n) is 3.31. The smallest absolute Gasteiger partial charge is 0.228 e. The van der Waals surface area contributed by atoms with Gasteiger partial charge in [0.1, 0.15) is 0 Å². The number of likely N-dealkylation sites (N-methyl/N-ethyl adjacent to an activating group) is 1. The summed E-state index contributed by atoms with van der Waals surface area (Å²) in [5, 5.41) is 7.17. The Morgan fingerprint density at radius 3 is 2.62 bits per heavy atom. The lowest BCUT2D eigenvalue weighted by Crippen LogP contribution is -2.51. The molecule has 1 atom stereocenters. The molecule has 0 aromatic heterocycles. The van der Waals surface area contributed by atoms with Crippen molar-refractivity contribution >= 4 is 17.5 Å². The van der Waals surface area contributed by atoms with Gasteiger partial charge in [-0.15, -0.1) is 0 Å². The van der Waals surface area contributed by atoms with Crippen LogP contribution in [0.25, 0.3) is 0 Å². The third-order valence-corrected chi connectivity index (χ3v) is 5.15. The maximum atomic E-state index is 12.9. The predicted octanol–water partition coefficient (Wildman–Crippen LogP) is 2.08. The van der Waals surface area contributed by atoms with Crippen molar-refractivity contribution < 1.29 is 9.53 Å². The Balaban J connectivity index is 2.08. The molecule has 0 radical (unpaired) electrons. The summed E-state index contributed by atoms with van der Waals surface area (Å²) in [6.07, 6.45) is 1.59. The van der Waals surface area contributed by atoms with Crippen molar-refractivity contribution in [1.82, 2.24) is 15.5 Å². The lowest BCUT2D eigenvalue weighted by Gasteiger charge is -2.36. The van der Waals surface area contributed by atoms with Gasteiger partial charge in [-0.3, -0.25) is 4.79 Å². The van der Waals surface area contributed by atoms with Gasteiger partial charge in [0.25, 0.3) is 0 Å². The van der Waals surface area contributed by atoms with E-state index in [4.69, 9.17) is 16.3 Å². The van der Waals surface area contributed by atoms with Crippen LogP contribution in [0.1, 0.15) is 24.4 Å². The minimum absolute atomic E-state index is 0.0314. The summed E-state index contributed by atoms with van der Waals surface area (Å²) in [5.74, 6) is 0.0738. The first-order valence-electron chi connectivity index (χ1n) is 8.39. The molecule has 1 heterocycles. The van der Waals surface area contributed by atoms with Gasteiger partial charge in [0, 0.05) is 18.7 Å². The van der Waals surface area contributed by atoms with E-state index in [0.717, 1.165) is 36.5 Å². The maximum absolute atomic E-state index is 12.9. The second-order valence-electron chi connectivity index (χ2n) is 6.67. The SMILES string of the molecule is COCC1(C(=O)NCC(c2ccccc2Cl)N(C)C)CCNCC1. The van der Waals surface area contributed by atoms with E-state index in [1.165, 1.54) is 0 Å². The normalized spacial score (nSPS) is 18.4. The van der Waals surface area contributed by atoms with E-state index in [1.54, 1.807) is 7.11 Å². The topological polar surface area (TPSA) is 53.6 Å². The third kappa shape index (κ3) is 4.48. The number of hydrogen-bond donors (Lipinski definition) is 2.